The van der Waals surface area contributed by atoms with Crippen LogP contribution in [0.3, 0.4) is 0 Å². The summed E-state index contributed by atoms with van der Waals surface area (Å²) in [4.78, 5) is 0. The molecule has 0 amide bonds. The second-order valence-electron chi connectivity index (χ2n) is 5.11. The summed E-state index contributed by atoms with van der Waals surface area (Å²) in [6.45, 7) is 4.10. The fraction of sp³-hybridized carbons (Fsp3) is 0.294. The van der Waals surface area contributed by atoms with Gasteiger partial charge in [0, 0.05) is 14.2 Å². The molecule has 112 valence electrons. The Bertz CT molecular complexity index is 657. The molecule has 2 aromatic carbocycles. The van der Waals surface area contributed by atoms with Crippen LogP contribution in [0.15, 0.2) is 42.5 Å². The van der Waals surface area contributed by atoms with Gasteiger partial charge in [-0.2, -0.15) is 0 Å². The molecule has 0 radical (unpaired) electrons. The number of hydrogen-bond donors (Lipinski definition) is 0. The highest BCUT2D eigenvalue weighted by atomic mass is 31.2. The van der Waals surface area contributed by atoms with Crippen molar-refractivity contribution in [1.29, 1.82) is 0 Å². The largest absolute Gasteiger partial charge is 0.334 e. The molecule has 0 aliphatic rings. The van der Waals surface area contributed by atoms with Gasteiger partial charge in [0.1, 0.15) is 0 Å². The van der Waals surface area contributed by atoms with Crippen molar-refractivity contribution in [3.8, 4) is 11.1 Å². The lowest BCUT2D eigenvalue weighted by atomic mass is 9.95. The molecule has 0 aliphatic heterocycles. The Labute approximate surface area is 126 Å². The summed E-state index contributed by atoms with van der Waals surface area (Å²) in [5.41, 5.74) is 5.49. The van der Waals surface area contributed by atoms with E-state index >= 15 is 0 Å². The fourth-order valence-corrected chi connectivity index (χ4v) is 3.69. The van der Waals surface area contributed by atoms with Crippen LogP contribution in [0.25, 0.3) is 11.1 Å². The van der Waals surface area contributed by atoms with Crippen LogP contribution >= 0.6 is 7.60 Å². The highest BCUT2D eigenvalue weighted by molar-refractivity contribution is 7.53. The van der Waals surface area contributed by atoms with Crippen LogP contribution in [0.2, 0.25) is 0 Å². The molecule has 0 spiro atoms. The molecule has 3 nitrogen and oxygen atoms in total. The zero-order valence-corrected chi connectivity index (χ0v) is 13.8. The third-order valence-electron chi connectivity index (χ3n) is 3.61. The van der Waals surface area contributed by atoms with E-state index in [9.17, 15) is 4.57 Å². The first-order valence-corrected chi connectivity index (χ1v) is 8.58. The van der Waals surface area contributed by atoms with Gasteiger partial charge in [-0.1, -0.05) is 48.0 Å². The van der Waals surface area contributed by atoms with Gasteiger partial charge in [-0.15, -0.1) is 0 Å². The minimum absolute atomic E-state index is 0.274. The van der Waals surface area contributed by atoms with E-state index < -0.39 is 7.60 Å². The SMILES string of the molecule is COP(=O)(Cc1c(C)cc(C)cc1-c1ccccc1)OC. The lowest BCUT2D eigenvalue weighted by Gasteiger charge is -2.19. The van der Waals surface area contributed by atoms with E-state index in [2.05, 4.69) is 31.2 Å². The summed E-state index contributed by atoms with van der Waals surface area (Å²) in [7, 11) is -0.239. The lowest BCUT2D eigenvalue weighted by Crippen LogP contribution is -1.99. The van der Waals surface area contributed by atoms with E-state index in [0.29, 0.717) is 0 Å². The first kappa shape index (κ1) is 16.0. The van der Waals surface area contributed by atoms with Crippen LogP contribution in [0.4, 0.5) is 0 Å². The van der Waals surface area contributed by atoms with Crippen molar-refractivity contribution in [1.82, 2.24) is 0 Å². The number of hydrogen-bond acceptors (Lipinski definition) is 3. The van der Waals surface area contributed by atoms with Gasteiger partial charge in [0.15, 0.2) is 0 Å². The molecule has 0 N–H and O–H groups in total. The third kappa shape index (κ3) is 3.62. The van der Waals surface area contributed by atoms with Crippen LogP contribution in [-0.4, -0.2) is 14.2 Å². The maximum absolute atomic E-state index is 12.5. The molecular formula is C17H21O3P. The predicted molar refractivity (Wildman–Crippen MR) is 86.7 cm³/mol. The molecule has 2 rings (SSSR count). The Morgan fingerprint density at radius 2 is 1.62 bits per heavy atom. The molecule has 0 unspecified atom stereocenters. The second kappa shape index (κ2) is 6.57. The van der Waals surface area contributed by atoms with Gasteiger partial charge >= 0.3 is 7.60 Å². The molecule has 0 bridgehead atoms. The summed E-state index contributed by atoms with van der Waals surface area (Å²) < 4.78 is 22.7. The summed E-state index contributed by atoms with van der Waals surface area (Å²) in [5, 5.41) is 0. The highest BCUT2D eigenvalue weighted by Crippen LogP contribution is 2.51. The van der Waals surface area contributed by atoms with Crippen molar-refractivity contribution in [3.63, 3.8) is 0 Å². The predicted octanol–water partition coefficient (Wildman–Crippen LogP) is 4.96. The number of rotatable bonds is 5. The van der Waals surface area contributed by atoms with Crippen LogP contribution in [0.1, 0.15) is 16.7 Å². The van der Waals surface area contributed by atoms with E-state index in [1.54, 1.807) is 0 Å². The van der Waals surface area contributed by atoms with Crippen molar-refractivity contribution in [3.05, 3.63) is 59.2 Å². The fourth-order valence-electron chi connectivity index (χ4n) is 2.48. The second-order valence-corrected chi connectivity index (χ2v) is 7.38. The minimum atomic E-state index is -3.09. The lowest BCUT2D eigenvalue weighted by molar-refractivity contribution is 0.274. The molecular weight excluding hydrogens is 283 g/mol. The first-order chi connectivity index (χ1) is 9.99. The first-order valence-electron chi connectivity index (χ1n) is 6.85. The average Bonchev–Trinajstić information content (AvgIpc) is 2.50. The molecule has 0 saturated heterocycles. The molecule has 0 heterocycles. The van der Waals surface area contributed by atoms with Gasteiger partial charge in [-0.3, -0.25) is 4.57 Å². The van der Waals surface area contributed by atoms with E-state index in [1.807, 2.05) is 25.1 Å². The standard InChI is InChI=1S/C17H21O3P/c1-13-10-14(2)17(12-21(18,19-3)20-4)16(11-13)15-8-6-5-7-9-15/h5-11H,12H2,1-4H3. The summed E-state index contributed by atoms with van der Waals surface area (Å²) in [6, 6.07) is 14.3. The number of benzene rings is 2. The van der Waals surface area contributed by atoms with Crippen LogP contribution in [-0.2, 0) is 19.8 Å². The quantitative estimate of drug-likeness (QED) is 0.733. The summed E-state index contributed by atoms with van der Waals surface area (Å²) >= 11 is 0. The Balaban J connectivity index is 2.57. The maximum Gasteiger partial charge on any atom is 0.334 e. The maximum atomic E-state index is 12.5. The highest BCUT2D eigenvalue weighted by Gasteiger charge is 2.24. The molecule has 0 fully saturated rings. The molecule has 0 saturated carbocycles. The van der Waals surface area contributed by atoms with Crippen molar-refractivity contribution in [2.24, 2.45) is 0 Å². The van der Waals surface area contributed by atoms with Gasteiger partial charge in [0.2, 0.25) is 0 Å². The normalized spacial score (nSPS) is 11.6. The van der Waals surface area contributed by atoms with Crippen LogP contribution in [0.5, 0.6) is 0 Å². The zero-order chi connectivity index (χ0) is 15.5. The Kier molecular flexibility index (Phi) is 5.00. The smallest absolute Gasteiger partial charge is 0.312 e. The third-order valence-corrected chi connectivity index (χ3v) is 5.43. The van der Waals surface area contributed by atoms with E-state index in [1.165, 1.54) is 19.8 Å². The molecule has 0 aromatic heterocycles. The van der Waals surface area contributed by atoms with Gasteiger partial charge in [0.05, 0.1) is 6.16 Å². The Morgan fingerprint density at radius 1 is 1.00 bits per heavy atom. The van der Waals surface area contributed by atoms with Crippen molar-refractivity contribution in [2.75, 3.05) is 14.2 Å². The zero-order valence-electron chi connectivity index (χ0n) is 12.9. The monoisotopic (exact) mass is 304 g/mol. The minimum Gasteiger partial charge on any atom is -0.312 e. The summed E-state index contributed by atoms with van der Waals surface area (Å²) in [6.07, 6.45) is 0.274. The molecule has 0 atom stereocenters. The van der Waals surface area contributed by atoms with E-state index in [-0.39, 0.29) is 6.16 Å². The molecule has 0 aliphatic carbocycles. The van der Waals surface area contributed by atoms with Crippen molar-refractivity contribution in [2.45, 2.75) is 20.0 Å². The summed E-state index contributed by atoms with van der Waals surface area (Å²) in [5.74, 6) is 0. The Morgan fingerprint density at radius 3 is 2.19 bits per heavy atom. The van der Waals surface area contributed by atoms with Crippen LogP contribution in [0, 0.1) is 13.8 Å². The van der Waals surface area contributed by atoms with Gasteiger partial charge in [0.25, 0.3) is 0 Å². The van der Waals surface area contributed by atoms with Crippen molar-refractivity contribution >= 4 is 7.60 Å². The topological polar surface area (TPSA) is 35.5 Å². The van der Waals surface area contributed by atoms with Gasteiger partial charge in [-0.05, 0) is 36.1 Å². The van der Waals surface area contributed by atoms with Crippen molar-refractivity contribution < 1.29 is 13.6 Å². The van der Waals surface area contributed by atoms with E-state index in [0.717, 1.165) is 22.3 Å². The number of aryl methyl sites for hydroxylation is 2. The average molecular weight is 304 g/mol. The van der Waals surface area contributed by atoms with E-state index in [4.69, 9.17) is 9.05 Å². The molecule has 4 heteroatoms. The molecule has 2 aromatic rings. The Hall–Kier alpha value is -1.41. The van der Waals surface area contributed by atoms with Crippen LogP contribution < -0.4 is 0 Å². The molecule has 21 heavy (non-hydrogen) atoms. The van der Waals surface area contributed by atoms with Gasteiger partial charge < -0.3 is 9.05 Å². The van der Waals surface area contributed by atoms with Gasteiger partial charge in [-0.25, -0.2) is 0 Å².